The van der Waals surface area contributed by atoms with Crippen molar-refractivity contribution in [1.29, 1.82) is 0 Å². The van der Waals surface area contributed by atoms with Crippen LogP contribution in [0.2, 0.25) is 0 Å². The Hall–Kier alpha value is -0.120. The molecule has 1 aliphatic carbocycles. The van der Waals surface area contributed by atoms with Crippen molar-refractivity contribution in [3.63, 3.8) is 0 Å². The molecule has 1 aliphatic rings. The standard InChI is InChI=1S/C19H39NO2/c1-3-4-5-6-7-8-9-18(15-20)19(14-17-10-11-17)16-22-13-12-21-2/h17-19H,3-16,20H2,1-2H3/t18?,19-/m1/s1. The van der Waals surface area contributed by atoms with E-state index in [2.05, 4.69) is 6.92 Å². The molecule has 2 N–H and O–H groups in total. The van der Waals surface area contributed by atoms with Gasteiger partial charge in [-0.3, -0.25) is 0 Å². The number of nitrogens with two attached hydrogens (primary N) is 1. The van der Waals surface area contributed by atoms with Crippen LogP contribution in [0.1, 0.15) is 71.1 Å². The number of hydrogen-bond donors (Lipinski definition) is 1. The van der Waals surface area contributed by atoms with E-state index in [1.54, 1.807) is 7.11 Å². The fourth-order valence-corrected chi connectivity index (χ4v) is 3.29. The lowest BCUT2D eigenvalue weighted by atomic mass is 9.84. The second-order valence-corrected chi connectivity index (χ2v) is 7.06. The lowest BCUT2D eigenvalue weighted by molar-refractivity contribution is 0.0340. The monoisotopic (exact) mass is 313 g/mol. The molecule has 2 atom stereocenters. The van der Waals surface area contributed by atoms with Crippen molar-refractivity contribution < 1.29 is 9.47 Å². The smallest absolute Gasteiger partial charge is 0.0700 e. The minimum atomic E-state index is 0.648. The zero-order valence-corrected chi connectivity index (χ0v) is 15.0. The van der Waals surface area contributed by atoms with Gasteiger partial charge in [0.25, 0.3) is 0 Å². The Kier molecular flexibility index (Phi) is 12.1. The summed E-state index contributed by atoms with van der Waals surface area (Å²) >= 11 is 0. The Morgan fingerprint density at radius 1 is 1.00 bits per heavy atom. The molecule has 0 aromatic carbocycles. The molecular formula is C19H39NO2. The third-order valence-electron chi connectivity index (χ3n) is 4.99. The quantitative estimate of drug-likeness (QED) is 0.430. The molecule has 0 saturated heterocycles. The highest BCUT2D eigenvalue weighted by atomic mass is 16.5. The average molecular weight is 314 g/mol. The highest BCUT2D eigenvalue weighted by Gasteiger charge is 2.29. The lowest BCUT2D eigenvalue weighted by Gasteiger charge is -2.26. The number of methoxy groups -OCH3 is 1. The van der Waals surface area contributed by atoms with Crippen LogP contribution in [0.4, 0.5) is 0 Å². The summed E-state index contributed by atoms with van der Waals surface area (Å²) in [5.74, 6) is 2.26. The van der Waals surface area contributed by atoms with Crippen LogP contribution < -0.4 is 5.73 Å². The van der Waals surface area contributed by atoms with Gasteiger partial charge in [-0.15, -0.1) is 0 Å². The first-order valence-corrected chi connectivity index (χ1v) is 9.58. The molecule has 0 amide bonds. The Balaban J connectivity index is 2.22. The van der Waals surface area contributed by atoms with Crippen LogP contribution in [0, 0.1) is 17.8 Å². The maximum absolute atomic E-state index is 6.08. The van der Waals surface area contributed by atoms with Gasteiger partial charge in [0.2, 0.25) is 0 Å². The van der Waals surface area contributed by atoms with Gasteiger partial charge in [-0.2, -0.15) is 0 Å². The minimum absolute atomic E-state index is 0.648. The van der Waals surface area contributed by atoms with E-state index in [1.165, 1.54) is 64.2 Å². The van der Waals surface area contributed by atoms with E-state index >= 15 is 0 Å². The maximum Gasteiger partial charge on any atom is 0.0700 e. The zero-order valence-electron chi connectivity index (χ0n) is 15.0. The molecule has 0 spiro atoms. The van der Waals surface area contributed by atoms with E-state index in [9.17, 15) is 0 Å². The van der Waals surface area contributed by atoms with Crippen LogP contribution in [0.25, 0.3) is 0 Å². The topological polar surface area (TPSA) is 44.5 Å². The Morgan fingerprint density at radius 2 is 1.73 bits per heavy atom. The number of unbranched alkanes of at least 4 members (excludes halogenated alkanes) is 5. The molecule has 0 radical (unpaired) electrons. The predicted octanol–water partition coefficient (Wildman–Crippen LogP) is 4.39. The van der Waals surface area contributed by atoms with Crippen LogP contribution in [0.5, 0.6) is 0 Å². The highest BCUT2D eigenvalue weighted by Crippen LogP contribution is 2.38. The molecule has 1 unspecified atom stereocenters. The molecule has 1 rings (SSSR count). The summed E-state index contributed by atoms with van der Waals surface area (Å²) < 4.78 is 10.9. The van der Waals surface area contributed by atoms with Crippen LogP contribution in [0.3, 0.4) is 0 Å². The van der Waals surface area contributed by atoms with Gasteiger partial charge in [-0.25, -0.2) is 0 Å². The van der Waals surface area contributed by atoms with Crippen LogP contribution in [-0.2, 0) is 9.47 Å². The van der Waals surface area contributed by atoms with E-state index in [-0.39, 0.29) is 0 Å². The van der Waals surface area contributed by atoms with Crippen LogP contribution in [-0.4, -0.2) is 33.5 Å². The normalized spacial score (nSPS) is 17.6. The molecule has 0 aromatic rings. The van der Waals surface area contributed by atoms with E-state index in [4.69, 9.17) is 15.2 Å². The first kappa shape index (κ1) is 19.9. The fourth-order valence-electron chi connectivity index (χ4n) is 3.29. The summed E-state index contributed by atoms with van der Waals surface area (Å²) in [6.45, 7) is 5.38. The molecule has 1 fully saturated rings. The van der Waals surface area contributed by atoms with Gasteiger partial charge >= 0.3 is 0 Å². The SMILES string of the molecule is CCCCCCCCC(CN)[C@@H](COCCOC)CC1CC1. The van der Waals surface area contributed by atoms with E-state index < -0.39 is 0 Å². The van der Waals surface area contributed by atoms with Crippen LogP contribution >= 0.6 is 0 Å². The van der Waals surface area contributed by atoms with Gasteiger partial charge in [0.1, 0.15) is 0 Å². The summed E-state index contributed by atoms with van der Waals surface area (Å²) in [7, 11) is 1.73. The summed E-state index contributed by atoms with van der Waals surface area (Å²) in [4.78, 5) is 0. The minimum Gasteiger partial charge on any atom is -0.382 e. The summed E-state index contributed by atoms with van der Waals surface area (Å²) in [5.41, 5.74) is 6.08. The van der Waals surface area contributed by atoms with Crippen molar-refractivity contribution in [3.8, 4) is 0 Å². The van der Waals surface area contributed by atoms with Gasteiger partial charge in [0, 0.05) is 13.7 Å². The molecule has 0 heterocycles. The molecule has 0 aromatic heterocycles. The predicted molar refractivity (Wildman–Crippen MR) is 94.1 cm³/mol. The second-order valence-electron chi connectivity index (χ2n) is 7.06. The average Bonchev–Trinajstić information content (AvgIpc) is 3.34. The van der Waals surface area contributed by atoms with Gasteiger partial charge in [-0.05, 0) is 37.1 Å². The third kappa shape index (κ3) is 9.81. The molecule has 3 nitrogen and oxygen atoms in total. The first-order valence-electron chi connectivity index (χ1n) is 9.58. The van der Waals surface area contributed by atoms with Crippen molar-refractivity contribution in [2.75, 3.05) is 33.5 Å². The van der Waals surface area contributed by atoms with Gasteiger partial charge < -0.3 is 15.2 Å². The van der Waals surface area contributed by atoms with Crippen molar-refractivity contribution in [1.82, 2.24) is 0 Å². The summed E-state index contributed by atoms with van der Waals surface area (Å²) in [5, 5.41) is 0. The molecule has 0 bridgehead atoms. The van der Waals surface area contributed by atoms with Gasteiger partial charge in [-0.1, -0.05) is 58.3 Å². The molecular weight excluding hydrogens is 274 g/mol. The lowest BCUT2D eigenvalue weighted by Crippen LogP contribution is -2.28. The summed E-state index contributed by atoms with van der Waals surface area (Å²) in [6.07, 6.45) is 13.7. The Labute approximate surface area is 138 Å². The molecule has 22 heavy (non-hydrogen) atoms. The molecule has 132 valence electrons. The molecule has 0 aliphatic heterocycles. The largest absolute Gasteiger partial charge is 0.382 e. The first-order chi connectivity index (χ1) is 10.8. The molecule has 3 heteroatoms. The molecule has 1 saturated carbocycles. The Bertz CT molecular complexity index is 244. The Morgan fingerprint density at radius 3 is 2.36 bits per heavy atom. The van der Waals surface area contributed by atoms with Crippen LogP contribution in [0.15, 0.2) is 0 Å². The summed E-state index contributed by atoms with van der Waals surface area (Å²) in [6, 6.07) is 0. The van der Waals surface area contributed by atoms with E-state index in [0.717, 1.165) is 19.1 Å². The number of hydrogen-bond acceptors (Lipinski definition) is 3. The van der Waals surface area contributed by atoms with Gasteiger partial charge in [0.15, 0.2) is 0 Å². The van der Waals surface area contributed by atoms with Crippen molar-refractivity contribution >= 4 is 0 Å². The highest BCUT2D eigenvalue weighted by molar-refractivity contribution is 4.81. The number of ether oxygens (including phenoxy) is 2. The zero-order chi connectivity index (χ0) is 16.0. The second kappa shape index (κ2) is 13.3. The van der Waals surface area contributed by atoms with E-state index in [0.29, 0.717) is 25.0 Å². The fraction of sp³-hybridized carbons (Fsp3) is 1.00. The van der Waals surface area contributed by atoms with Crippen molar-refractivity contribution in [2.24, 2.45) is 23.5 Å². The maximum atomic E-state index is 6.08. The van der Waals surface area contributed by atoms with E-state index in [1.807, 2.05) is 0 Å². The van der Waals surface area contributed by atoms with Gasteiger partial charge in [0.05, 0.1) is 13.2 Å². The van der Waals surface area contributed by atoms with Crippen molar-refractivity contribution in [2.45, 2.75) is 71.1 Å². The third-order valence-corrected chi connectivity index (χ3v) is 4.99. The van der Waals surface area contributed by atoms with Crippen molar-refractivity contribution in [3.05, 3.63) is 0 Å². The number of rotatable bonds is 16.